The summed E-state index contributed by atoms with van der Waals surface area (Å²) in [5, 5.41) is 0. The molecule has 0 radical (unpaired) electrons. The molecule has 1 atom stereocenters. The highest BCUT2D eigenvalue weighted by atomic mass is 16.6. The van der Waals surface area contributed by atoms with Gasteiger partial charge in [0.2, 0.25) is 0 Å². The van der Waals surface area contributed by atoms with Crippen molar-refractivity contribution in [2.45, 2.75) is 297 Å². The Morgan fingerprint density at radius 1 is 0.259 bits per heavy atom. The van der Waals surface area contributed by atoms with Gasteiger partial charge in [0.05, 0.1) is 0 Å². The second-order valence-corrected chi connectivity index (χ2v) is 21.6. The fourth-order valence-corrected chi connectivity index (χ4v) is 8.88. The van der Waals surface area contributed by atoms with Crippen LogP contribution in [-0.2, 0) is 28.6 Å². The summed E-state index contributed by atoms with van der Waals surface area (Å²) < 4.78 is 16.9. The highest BCUT2D eigenvalue weighted by Gasteiger charge is 2.19. The predicted molar refractivity (Wildman–Crippen MR) is 352 cm³/mol. The number of unbranched alkanes of at least 4 members (excludes halogenated alkanes) is 24. The first-order valence-electron chi connectivity index (χ1n) is 33.3. The first kappa shape index (κ1) is 76.3. The quantitative estimate of drug-likeness (QED) is 0.0261. The third-order valence-corrected chi connectivity index (χ3v) is 13.8. The molecule has 0 heterocycles. The molecule has 458 valence electrons. The Bertz CT molecular complexity index is 1760. The van der Waals surface area contributed by atoms with Gasteiger partial charge in [0, 0.05) is 19.3 Å². The van der Waals surface area contributed by atoms with E-state index in [9.17, 15) is 14.4 Å². The number of carbonyl (C=O) groups excluding carboxylic acids is 3. The minimum absolute atomic E-state index is 0.0996. The molecule has 1 unspecified atom stereocenters. The molecule has 0 saturated carbocycles. The third kappa shape index (κ3) is 66.0. The lowest BCUT2D eigenvalue weighted by Gasteiger charge is -2.18. The molecule has 0 saturated heterocycles. The maximum Gasteiger partial charge on any atom is 0.306 e. The van der Waals surface area contributed by atoms with Crippen LogP contribution in [-0.4, -0.2) is 37.2 Å². The standard InChI is InChI=1S/C75H122O6/c1-4-7-10-13-16-19-22-25-28-31-34-37-40-43-46-49-52-55-58-61-64-67-73(76)79-70-72(81-75(78)69-66-63-60-57-54-51-48-45-42-39-36-33-30-27-24-21-18-15-12-9-6-3)71-80-74(77)68-65-62-59-56-53-50-47-44-41-38-35-32-29-26-23-20-17-14-11-8-5-2/h7,9-10,12,16,18-19,21,23,25-28,30,32,34-37,39,41,43-44,46,72H,4-6,8,11,13-15,17,20,22,24,29,31,33,38,40,42,45,47-71H2,1-3H3/b10-7-,12-9-,19-16-,21-18-,26-23-,28-25-,30-27-,35-32-,37-34-,39-36-,44-41-,46-43-. The van der Waals surface area contributed by atoms with E-state index in [0.717, 1.165) is 167 Å². The number of hydrogen-bond acceptors (Lipinski definition) is 6. The van der Waals surface area contributed by atoms with Gasteiger partial charge in [-0.05, 0) is 141 Å². The van der Waals surface area contributed by atoms with E-state index < -0.39 is 6.10 Å². The second kappa shape index (κ2) is 67.8. The lowest BCUT2D eigenvalue weighted by atomic mass is 10.1. The van der Waals surface area contributed by atoms with Crippen LogP contribution < -0.4 is 0 Å². The average Bonchev–Trinajstić information content (AvgIpc) is 3.47. The Labute approximate surface area is 499 Å². The molecule has 0 aromatic rings. The summed E-state index contributed by atoms with van der Waals surface area (Å²) in [6.45, 7) is 6.38. The summed E-state index contributed by atoms with van der Waals surface area (Å²) in [7, 11) is 0. The number of ether oxygens (including phenoxy) is 3. The van der Waals surface area contributed by atoms with Crippen LogP contribution in [0.25, 0.3) is 0 Å². The molecule has 0 aliphatic rings. The van der Waals surface area contributed by atoms with E-state index in [1.54, 1.807) is 0 Å². The number of rotatable bonds is 59. The SMILES string of the molecule is CC/C=C\C/C=C\C/C=C\C/C=C\C/C=C\CCCCCCCC(=O)OCC(COC(=O)CCCCCCCC/C=C\C/C=C\C/C=C\CCCCCCC)OC(=O)CCCCCCCCCC/C=C\C/C=C\C/C=C\C/C=C\CC. The minimum Gasteiger partial charge on any atom is -0.462 e. The Kier molecular flexibility index (Phi) is 63.9. The van der Waals surface area contributed by atoms with Crippen molar-refractivity contribution >= 4 is 17.9 Å². The summed E-state index contributed by atoms with van der Waals surface area (Å²) in [5.41, 5.74) is 0. The van der Waals surface area contributed by atoms with E-state index in [2.05, 4.69) is 167 Å². The van der Waals surface area contributed by atoms with Crippen molar-refractivity contribution in [2.75, 3.05) is 13.2 Å². The lowest BCUT2D eigenvalue weighted by molar-refractivity contribution is -0.167. The van der Waals surface area contributed by atoms with E-state index in [1.165, 1.54) is 83.5 Å². The lowest BCUT2D eigenvalue weighted by Crippen LogP contribution is -2.30. The van der Waals surface area contributed by atoms with Crippen molar-refractivity contribution in [2.24, 2.45) is 0 Å². The average molecular weight is 1120 g/mol. The maximum atomic E-state index is 13.0. The Balaban J connectivity index is 4.50. The third-order valence-electron chi connectivity index (χ3n) is 13.8. The molecule has 0 aromatic heterocycles. The molecule has 0 fully saturated rings. The van der Waals surface area contributed by atoms with Gasteiger partial charge in [-0.1, -0.05) is 276 Å². The van der Waals surface area contributed by atoms with Crippen LogP contribution in [0.15, 0.2) is 146 Å². The molecule has 6 heteroatoms. The van der Waals surface area contributed by atoms with E-state index >= 15 is 0 Å². The molecule has 0 bridgehead atoms. The maximum absolute atomic E-state index is 13.0. The molecule has 6 nitrogen and oxygen atoms in total. The summed E-state index contributed by atoms with van der Waals surface area (Å²) in [4.78, 5) is 38.4. The van der Waals surface area contributed by atoms with Crippen LogP contribution >= 0.6 is 0 Å². The Hall–Kier alpha value is -4.71. The molecule has 0 amide bonds. The highest BCUT2D eigenvalue weighted by Crippen LogP contribution is 2.15. The van der Waals surface area contributed by atoms with Crippen LogP contribution in [0.1, 0.15) is 290 Å². The van der Waals surface area contributed by atoms with Crippen LogP contribution in [0.5, 0.6) is 0 Å². The molecule has 81 heavy (non-hydrogen) atoms. The van der Waals surface area contributed by atoms with Gasteiger partial charge in [-0.2, -0.15) is 0 Å². The van der Waals surface area contributed by atoms with Crippen LogP contribution in [0.4, 0.5) is 0 Å². The molecule has 0 spiro atoms. The number of carbonyl (C=O) groups is 3. The highest BCUT2D eigenvalue weighted by molar-refractivity contribution is 5.71. The van der Waals surface area contributed by atoms with Crippen molar-refractivity contribution < 1.29 is 28.6 Å². The van der Waals surface area contributed by atoms with Gasteiger partial charge >= 0.3 is 17.9 Å². The first-order valence-corrected chi connectivity index (χ1v) is 33.3. The number of allylic oxidation sites excluding steroid dienone is 24. The van der Waals surface area contributed by atoms with Crippen LogP contribution in [0.3, 0.4) is 0 Å². The van der Waals surface area contributed by atoms with Gasteiger partial charge < -0.3 is 14.2 Å². The monoisotopic (exact) mass is 1120 g/mol. The molecule has 0 aliphatic heterocycles. The van der Waals surface area contributed by atoms with Gasteiger partial charge in [-0.15, -0.1) is 0 Å². The normalized spacial score (nSPS) is 13.1. The van der Waals surface area contributed by atoms with E-state index in [0.29, 0.717) is 19.3 Å². The molecular weight excluding hydrogens is 997 g/mol. The fourth-order valence-electron chi connectivity index (χ4n) is 8.88. The van der Waals surface area contributed by atoms with Crippen molar-refractivity contribution in [3.8, 4) is 0 Å². The van der Waals surface area contributed by atoms with E-state index in [1.807, 2.05) is 0 Å². The molecule has 0 aromatic carbocycles. The van der Waals surface area contributed by atoms with Gasteiger partial charge in [-0.25, -0.2) is 0 Å². The van der Waals surface area contributed by atoms with Crippen molar-refractivity contribution in [3.05, 3.63) is 146 Å². The van der Waals surface area contributed by atoms with Crippen molar-refractivity contribution in [3.63, 3.8) is 0 Å². The van der Waals surface area contributed by atoms with Gasteiger partial charge in [0.15, 0.2) is 6.10 Å². The molecule has 0 N–H and O–H groups in total. The molecule has 0 aliphatic carbocycles. The summed E-state index contributed by atoms with van der Waals surface area (Å²) in [6.07, 6.45) is 97.0. The van der Waals surface area contributed by atoms with E-state index in [4.69, 9.17) is 14.2 Å². The second-order valence-electron chi connectivity index (χ2n) is 21.6. The summed E-state index contributed by atoms with van der Waals surface area (Å²) >= 11 is 0. The summed E-state index contributed by atoms with van der Waals surface area (Å²) in [6, 6.07) is 0. The zero-order valence-electron chi connectivity index (χ0n) is 52.5. The van der Waals surface area contributed by atoms with Gasteiger partial charge in [-0.3, -0.25) is 14.4 Å². The largest absolute Gasteiger partial charge is 0.462 e. The summed E-state index contributed by atoms with van der Waals surface area (Å²) in [5.74, 6) is -0.935. The number of esters is 3. The van der Waals surface area contributed by atoms with Gasteiger partial charge in [0.25, 0.3) is 0 Å². The zero-order chi connectivity index (χ0) is 58.5. The molecular formula is C75H122O6. The fraction of sp³-hybridized carbons (Fsp3) is 0.640. The van der Waals surface area contributed by atoms with Crippen molar-refractivity contribution in [1.82, 2.24) is 0 Å². The van der Waals surface area contributed by atoms with Gasteiger partial charge in [0.1, 0.15) is 13.2 Å². The topological polar surface area (TPSA) is 78.9 Å². The zero-order valence-corrected chi connectivity index (χ0v) is 52.5. The van der Waals surface area contributed by atoms with Crippen LogP contribution in [0, 0.1) is 0 Å². The van der Waals surface area contributed by atoms with E-state index in [-0.39, 0.29) is 31.1 Å². The first-order chi connectivity index (χ1) is 40.0. The Morgan fingerprint density at radius 2 is 0.481 bits per heavy atom. The van der Waals surface area contributed by atoms with Crippen molar-refractivity contribution in [1.29, 1.82) is 0 Å². The molecule has 0 rings (SSSR count). The number of hydrogen-bond donors (Lipinski definition) is 0. The predicted octanol–water partition coefficient (Wildman–Crippen LogP) is 23.1. The Morgan fingerprint density at radius 3 is 0.753 bits per heavy atom. The minimum atomic E-state index is -0.806. The smallest absolute Gasteiger partial charge is 0.306 e. The van der Waals surface area contributed by atoms with Crippen LogP contribution in [0.2, 0.25) is 0 Å².